The Labute approximate surface area is 110 Å². The smallest absolute Gasteiger partial charge is 0.0883 e. The molecule has 4 heteroatoms. The van der Waals surface area contributed by atoms with E-state index in [0.717, 1.165) is 13.1 Å². The maximum Gasteiger partial charge on any atom is 0.0883 e. The summed E-state index contributed by atoms with van der Waals surface area (Å²) in [5, 5.41) is 8.23. The number of aryl methyl sites for hydroxylation is 1. The minimum absolute atomic E-state index is 0.475. The molecule has 0 saturated carbocycles. The normalized spacial score (nSPS) is 24.9. The number of hydrogen-bond acceptors (Lipinski definition) is 3. The van der Waals surface area contributed by atoms with Crippen LogP contribution in [-0.4, -0.2) is 35.0 Å². The largest absolute Gasteiger partial charge is 0.363 e. The van der Waals surface area contributed by atoms with E-state index in [-0.39, 0.29) is 0 Å². The Hall–Kier alpha value is -1.03. The van der Waals surface area contributed by atoms with E-state index >= 15 is 0 Å². The Morgan fingerprint density at radius 1 is 1.50 bits per heavy atom. The first kappa shape index (κ1) is 13.4. The molecule has 0 bridgehead atoms. The Morgan fingerprint density at radius 2 is 2.22 bits per heavy atom. The molecule has 18 heavy (non-hydrogen) atoms. The lowest BCUT2D eigenvalue weighted by atomic mass is 10.0. The van der Waals surface area contributed by atoms with Crippen LogP contribution in [0.1, 0.15) is 45.7 Å². The van der Waals surface area contributed by atoms with Gasteiger partial charge in [-0.1, -0.05) is 20.8 Å². The van der Waals surface area contributed by atoms with Crippen molar-refractivity contribution in [2.45, 2.75) is 52.1 Å². The van der Waals surface area contributed by atoms with Gasteiger partial charge in [0.1, 0.15) is 0 Å². The Balaban J connectivity index is 2.28. The van der Waals surface area contributed by atoms with Gasteiger partial charge >= 0.3 is 0 Å². The lowest BCUT2D eigenvalue weighted by molar-refractivity contribution is 0.397. The minimum Gasteiger partial charge on any atom is -0.363 e. The van der Waals surface area contributed by atoms with Gasteiger partial charge in [-0.05, 0) is 19.3 Å². The van der Waals surface area contributed by atoms with Crippen LogP contribution in [0.5, 0.6) is 0 Å². The molecule has 0 spiro atoms. The molecule has 102 valence electrons. The van der Waals surface area contributed by atoms with Crippen molar-refractivity contribution in [2.75, 3.05) is 18.0 Å². The second-order valence-corrected chi connectivity index (χ2v) is 5.74. The summed E-state index contributed by atoms with van der Waals surface area (Å²) in [6.07, 6.45) is 3.35. The molecule has 0 amide bonds. The van der Waals surface area contributed by atoms with E-state index in [1.807, 2.05) is 11.7 Å². The van der Waals surface area contributed by atoms with E-state index in [0.29, 0.717) is 18.0 Å². The van der Waals surface area contributed by atoms with Crippen molar-refractivity contribution in [3.63, 3.8) is 0 Å². The molecule has 2 atom stereocenters. The van der Waals surface area contributed by atoms with E-state index < -0.39 is 0 Å². The molecule has 0 aliphatic carbocycles. The molecule has 1 aliphatic rings. The highest BCUT2D eigenvalue weighted by Crippen LogP contribution is 2.28. The summed E-state index contributed by atoms with van der Waals surface area (Å²) in [4.78, 5) is 2.52. The molecular formula is C14H26N4. The summed E-state index contributed by atoms with van der Waals surface area (Å²) in [7, 11) is 2.01. The van der Waals surface area contributed by atoms with Gasteiger partial charge in [-0.25, -0.2) is 0 Å². The van der Waals surface area contributed by atoms with Crippen LogP contribution in [0.15, 0.2) is 6.20 Å². The highest BCUT2D eigenvalue weighted by atomic mass is 15.3. The van der Waals surface area contributed by atoms with Gasteiger partial charge in [-0.3, -0.25) is 4.68 Å². The number of hydrogen-bond donors (Lipinski definition) is 1. The fourth-order valence-corrected chi connectivity index (χ4v) is 2.66. The summed E-state index contributed by atoms with van der Waals surface area (Å²) in [6.45, 7) is 11.1. The predicted octanol–water partition coefficient (Wildman–Crippen LogP) is 2.12. The van der Waals surface area contributed by atoms with Crippen LogP contribution in [0, 0.1) is 0 Å². The molecule has 0 radical (unpaired) electrons. The second-order valence-electron chi connectivity index (χ2n) is 5.74. The van der Waals surface area contributed by atoms with Crippen molar-refractivity contribution in [3.8, 4) is 0 Å². The summed E-state index contributed by atoms with van der Waals surface area (Å²) in [6, 6.07) is 1.14. The molecule has 2 heterocycles. The molecule has 0 aromatic carbocycles. The zero-order chi connectivity index (χ0) is 13.3. The van der Waals surface area contributed by atoms with E-state index in [1.165, 1.54) is 17.8 Å². The minimum atomic E-state index is 0.475. The van der Waals surface area contributed by atoms with Gasteiger partial charge in [0.15, 0.2) is 0 Å². The van der Waals surface area contributed by atoms with Gasteiger partial charge in [-0.2, -0.15) is 5.10 Å². The lowest BCUT2D eigenvalue weighted by Crippen LogP contribution is -2.55. The average Bonchev–Trinajstić information content (AvgIpc) is 2.72. The number of anilines is 1. The Morgan fingerprint density at radius 3 is 2.83 bits per heavy atom. The number of nitrogens with one attached hydrogen (secondary N) is 1. The number of aromatic nitrogens is 2. The quantitative estimate of drug-likeness (QED) is 0.892. The first-order valence-electron chi connectivity index (χ1n) is 7.06. The monoisotopic (exact) mass is 250 g/mol. The highest BCUT2D eigenvalue weighted by molar-refractivity contribution is 5.52. The van der Waals surface area contributed by atoms with Gasteiger partial charge in [0.05, 0.1) is 11.4 Å². The summed E-state index contributed by atoms with van der Waals surface area (Å²) >= 11 is 0. The van der Waals surface area contributed by atoms with Gasteiger partial charge in [-0.15, -0.1) is 0 Å². The maximum absolute atomic E-state index is 4.63. The third kappa shape index (κ3) is 2.53. The summed E-state index contributed by atoms with van der Waals surface area (Å²) in [5.74, 6) is 0.475. The van der Waals surface area contributed by atoms with Crippen LogP contribution < -0.4 is 10.2 Å². The Kier molecular flexibility index (Phi) is 3.95. The van der Waals surface area contributed by atoms with Crippen LogP contribution in [0.2, 0.25) is 0 Å². The standard InChI is InChI=1S/C14H26N4/c1-6-12-8-18(11(4)7-15-12)13-9-17(5)16-14(13)10(2)3/h9-12,15H,6-8H2,1-5H3. The van der Waals surface area contributed by atoms with E-state index in [9.17, 15) is 0 Å². The Bertz CT molecular complexity index is 396. The van der Waals surface area contributed by atoms with Crippen LogP contribution in [0.3, 0.4) is 0 Å². The molecule has 1 aliphatic heterocycles. The van der Waals surface area contributed by atoms with Gasteiger partial charge in [0.2, 0.25) is 0 Å². The molecule has 1 aromatic rings. The lowest BCUT2D eigenvalue weighted by Gasteiger charge is -2.40. The van der Waals surface area contributed by atoms with Gasteiger partial charge < -0.3 is 10.2 Å². The molecule has 1 fully saturated rings. The van der Waals surface area contributed by atoms with Crippen molar-refractivity contribution in [2.24, 2.45) is 7.05 Å². The van der Waals surface area contributed by atoms with Crippen LogP contribution in [0.4, 0.5) is 5.69 Å². The van der Waals surface area contributed by atoms with Crippen molar-refractivity contribution in [1.29, 1.82) is 0 Å². The molecule has 1 aromatic heterocycles. The SMILES string of the molecule is CCC1CN(c2cn(C)nc2C(C)C)C(C)CN1. The van der Waals surface area contributed by atoms with Crippen LogP contribution in [0.25, 0.3) is 0 Å². The number of piperazine rings is 1. The van der Waals surface area contributed by atoms with Gasteiger partial charge in [0, 0.05) is 38.4 Å². The third-order valence-electron chi connectivity index (χ3n) is 3.84. The van der Waals surface area contributed by atoms with Crippen LogP contribution in [-0.2, 0) is 7.05 Å². The molecule has 4 nitrogen and oxygen atoms in total. The first-order chi connectivity index (χ1) is 8.52. The maximum atomic E-state index is 4.63. The van der Waals surface area contributed by atoms with Crippen molar-refractivity contribution >= 4 is 5.69 Å². The molecule has 2 unspecified atom stereocenters. The number of rotatable bonds is 3. The third-order valence-corrected chi connectivity index (χ3v) is 3.84. The van der Waals surface area contributed by atoms with Crippen molar-refractivity contribution < 1.29 is 0 Å². The molecule has 1 N–H and O–H groups in total. The van der Waals surface area contributed by atoms with E-state index in [1.54, 1.807) is 0 Å². The fourth-order valence-electron chi connectivity index (χ4n) is 2.66. The van der Waals surface area contributed by atoms with E-state index in [4.69, 9.17) is 0 Å². The molecular weight excluding hydrogens is 224 g/mol. The summed E-state index contributed by atoms with van der Waals surface area (Å²) in [5.41, 5.74) is 2.54. The highest BCUT2D eigenvalue weighted by Gasteiger charge is 2.27. The molecule has 2 rings (SSSR count). The van der Waals surface area contributed by atoms with Crippen LogP contribution >= 0.6 is 0 Å². The average molecular weight is 250 g/mol. The summed E-state index contributed by atoms with van der Waals surface area (Å²) < 4.78 is 1.94. The van der Waals surface area contributed by atoms with Crippen molar-refractivity contribution in [1.82, 2.24) is 15.1 Å². The fraction of sp³-hybridized carbons (Fsp3) is 0.786. The number of nitrogens with zero attached hydrogens (tertiary/aromatic N) is 3. The molecule has 1 saturated heterocycles. The zero-order valence-corrected chi connectivity index (χ0v) is 12.3. The van der Waals surface area contributed by atoms with E-state index in [2.05, 4.69) is 49.2 Å². The second kappa shape index (κ2) is 5.31. The van der Waals surface area contributed by atoms with Crippen molar-refractivity contribution in [3.05, 3.63) is 11.9 Å². The first-order valence-corrected chi connectivity index (χ1v) is 7.06. The zero-order valence-electron chi connectivity index (χ0n) is 12.3. The van der Waals surface area contributed by atoms with Gasteiger partial charge in [0.25, 0.3) is 0 Å². The predicted molar refractivity (Wildman–Crippen MR) is 76.2 cm³/mol. The topological polar surface area (TPSA) is 33.1 Å².